The summed E-state index contributed by atoms with van der Waals surface area (Å²) in [6, 6.07) is 3.86. The Morgan fingerprint density at radius 1 is 1.39 bits per heavy atom. The molecule has 1 heterocycles. The van der Waals surface area contributed by atoms with Gasteiger partial charge < -0.3 is 4.90 Å². The highest BCUT2D eigenvalue weighted by molar-refractivity contribution is 6.29. The van der Waals surface area contributed by atoms with E-state index in [1.807, 2.05) is 18.3 Å². The smallest absolute Gasteiger partial charge is 0.129 e. The molecule has 0 aromatic carbocycles. The summed E-state index contributed by atoms with van der Waals surface area (Å²) in [7, 11) is 4.21. The molecule has 0 radical (unpaired) electrons. The maximum absolute atomic E-state index is 6.95. The van der Waals surface area contributed by atoms with Gasteiger partial charge in [-0.3, -0.25) is 0 Å². The molecule has 0 aliphatic heterocycles. The van der Waals surface area contributed by atoms with E-state index in [0.29, 0.717) is 11.1 Å². The SMILES string of the molecule is CN(C)CC1CCCCC1(Cl)c1ccc(Cl)nc1. The number of hydrogen-bond donors (Lipinski definition) is 0. The highest BCUT2D eigenvalue weighted by Crippen LogP contribution is 2.47. The van der Waals surface area contributed by atoms with Crippen molar-refractivity contribution < 1.29 is 0 Å². The fourth-order valence-corrected chi connectivity index (χ4v) is 3.42. The van der Waals surface area contributed by atoms with E-state index in [1.165, 1.54) is 19.3 Å². The van der Waals surface area contributed by atoms with E-state index >= 15 is 0 Å². The lowest BCUT2D eigenvalue weighted by Gasteiger charge is -2.41. The van der Waals surface area contributed by atoms with Crippen molar-refractivity contribution in [2.75, 3.05) is 20.6 Å². The van der Waals surface area contributed by atoms with Crippen LogP contribution in [0.2, 0.25) is 5.15 Å². The second kappa shape index (κ2) is 5.77. The fraction of sp³-hybridized carbons (Fsp3) is 0.643. The van der Waals surface area contributed by atoms with Gasteiger partial charge in [-0.15, -0.1) is 11.6 Å². The molecule has 1 fully saturated rings. The first-order valence-corrected chi connectivity index (χ1v) is 7.23. The molecule has 2 nitrogen and oxygen atoms in total. The Labute approximate surface area is 119 Å². The van der Waals surface area contributed by atoms with Gasteiger partial charge in [-0.25, -0.2) is 4.98 Å². The minimum Gasteiger partial charge on any atom is -0.309 e. The van der Waals surface area contributed by atoms with Crippen molar-refractivity contribution in [1.29, 1.82) is 0 Å². The molecule has 1 aliphatic rings. The lowest BCUT2D eigenvalue weighted by atomic mass is 9.75. The second-order valence-electron chi connectivity index (χ2n) is 5.44. The number of halogens is 2. The van der Waals surface area contributed by atoms with Gasteiger partial charge >= 0.3 is 0 Å². The predicted molar refractivity (Wildman–Crippen MR) is 77.3 cm³/mol. The van der Waals surface area contributed by atoms with Crippen LogP contribution in [0, 0.1) is 5.92 Å². The van der Waals surface area contributed by atoms with Crippen molar-refractivity contribution in [3.05, 3.63) is 29.0 Å². The molecule has 4 heteroatoms. The third-order valence-electron chi connectivity index (χ3n) is 3.78. The Bertz CT molecular complexity index is 391. The summed E-state index contributed by atoms with van der Waals surface area (Å²) in [5.74, 6) is 0.478. The molecule has 0 saturated heterocycles. The highest BCUT2D eigenvalue weighted by Gasteiger charge is 2.40. The summed E-state index contributed by atoms with van der Waals surface area (Å²) in [5.41, 5.74) is 1.11. The van der Waals surface area contributed by atoms with Crippen LogP contribution < -0.4 is 0 Å². The number of aromatic nitrogens is 1. The number of nitrogens with zero attached hydrogens (tertiary/aromatic N) is 2. The summed E-state index contributed by atoms with van der Waals surface area (Å²) in [6.07, 6.45) is 6.51. The molecule has 1 saturated carbocycles. The van der Waals surface area contributed by atoms with E-state index in [4.69, 9.17) is 23.2 Å². The van der Waals surface area contributed by atoms with E-state index in [0.717, 1.165) is 18.5 Å². The molecule has 1 aromatic rings. The predicted octanol–water partition coefficient (Wildman–Crippen LogP) is 3.92. The Balaban J connectivity index is 2.26. The lowest BCUT2D eigenvalue weighted by molar-refractivity contribution is 0.207. The van der Waals surface area contributed by atoms with Crippen molar-refractivity contribution in [2.24, 2.45) is 5.92 Å². The van der Waals surface area contributed by atoms with Crippen LogP contribution in [0.15, 0.2) is 18.3 Å². The summed E-state index contributed by atoms with van der Waals surface area (Å²) < 4.78 is 0. The molecule has 1 aromatic heterocycles. The molecule has 18 heavy (non-hydrogen) atoms. The van der Waals surface area contributed by atoms with Crippen molar-refractivity contribution in [3.8, 4) is 0 Å². The molecule has 2 unspecified atom stereocenters. The average Bonchev–Trinajstić information content (AvgIpc) is 2.32. The standard InChI is InChI=1S/C14H20Cl2N2/c1-18(2)10-12-5-3-4-8-14(12,16)11-6-7-13(15)17-9-11/h6-7,9,12H,3-5,8,10H2,1-2H3. The van der Waals surface area contributed by atoms with Crippen molar-refractivity contribution >= 4 is 23.2 Å². The molecular formula is C14H20Cl2N2. The van der Waals surface area contributed by atoms with Crippen molar-refractivity contribution in [2.45, 2.75) is 30.6 Å². The third-order valence-corrected chi connectivity index (χ3v) is 4.72. The zero-order chi connectivity index (χ0) is 13.2. The van der Waals surface area contributed by atoms with E-state index in [9.17, 15) is 0 Å². The van der Waals surface area contributed by atoms with E-state index in [1.54, 1.807) is 0 Å². The molecular weight excluding hydrogens is 267 g/mol. The molecule has 0 N–H and O–H groups in total. The molecule has 0 bridgehead atoms. The summed E-state index contributed by atoms with van der Waals surface area (Å²) in [6.45, 7) is 1.02. The van der Waals surface area contributed by atoms with Crippen LogP contribution in [-0.2, 0) is 4.87 Å². The van der Waals surface area contributed by atoms with Gasteiger partial charge in [0.25, 0.3) is 0 Å². The van der Waals surface area contributed by atoms with E-state index < -0.39 is 0 Å². The monoisotopic (exact) mass is 286 g/mol. The third kappa shape index (κ3) is 2.98. The largest absolute Gasteiger partial charge is 0.309 e. The van der Waals surface area contributed by atoms with Gasteiger partial charge in [0.15, 0.2) is 0 Å². The van der Waals surface area contributed by atoms with Gasteiger partial charge in [0.1, 0.15) is 5.15 Å². The topological polar surface area (TPSA) is 16.1 Å². The Kier molecular flexibility index (Phi) is 4.52. The summed E-state index contributed by atoms with van der Waals surface area (Å²) >= 11 is 12.8. The zero-order valence-electron chi connectivity index (χ0n) is 11.0. The van der Waals surface area contributed by atoms with E-state index in [-0.39, 0.29) is 4.87 Å². The molecule has 1 aliphatic carbocycles. The molecule has 100 valence electrons. The van der Waals surface area contributed by atoms with Gasteiger partial charge in [-0.2, -0.15) is 0 Å². The van der Waals surface area contributed by atoms with Gasteiger partial charge in [-0.05, 0) is 44.5 Å². The second-order valence-corrected chi connectivity index (χ2v) is 6.50. The maximum atomic E-state index is 6.95. The first-order chi connectivity index (χ1) is 8.52. The van der Waals surface area contributed by atoms with Crippen molar-refractivity contribution in [3.63, 3.8) is 0 Å². The van der Waals surface area contributed by atoms with Crippen LogP contribution in [0.4, 0.5) is 0 Å². The first-order valence-electron chi connectivity index (χ1n) is 6.48. The summed E-state index contributed by atoms with van der Waals surface area (Å²) in [5, 5.41) is 0.527. The first kappa shape index (κ1) is 14.1. The van der Waals surface area contributed by atoms with Gasteiger partial charge in [-0.1, -0.05) is 30.5 Å². The zero-order valence-corrected chi connectivity index (χ0v) is 12.5. The normalized spacial score (nSPS) is 28.6. The fourth-order valence-electron chi connectivity index (χ4n) is 2.88. The average molecular weight is 287 g/mol. The number of rotatable bonds is 3. The molecule has 0 spiro atoms. The Hall–Kier alpha value is -0.310. The van der Waals surface area contributed by atoms with Gasteiger partial charge in [0.05, 0.1) is 4.87 Å². The number of pyridine rings is 1. The minimum absolute atomic E-state index is 0.278. The van der Waals surface area contributed by atoms with Gasteiger partial charge in [0.2, 0.25) is 0 Å². The summed E-state index contributed by atoms with van der Waals surface area (Å²) in [4.78, 5) is 6.12. The highest BCUT2D eigenvalue weighted by atomic mass is 35.5. The maximum Gasteiger partial charge on any atom is 0.129 e. The van der Waals surface area contributed by atoms with Crippen LogP contribution in [0.25, 0.3) is 0 Å². The van der Waals surface area contributed by atoms with Crippen LogP contribution in [0.5, 0.6) is 0 Å². The lowest BCUT2D eigenvalue weighted by Crippen LogP contribution is -2.39. The van der Waals surface area contributed by atoms with Gasteiger partial charge in [0, 0.05) is 12.7 Å². The number of alkyl halides is 1. The molecule has 2 rings (SSSR count). The van der Waals surface area contributed by atoms with Crippen molar-refractivity contribution in [1.82, 2.24) is 9.88 Å². The molecule has 2 atom stereocenters. The quantitative estimate of drug-likeness (QED) is 0.618. The minimum atomic E-state index is -0.278. The Morgan fingerprint density at radius 2 is 2.17 bits per heavy atom. The van der Waals surface area contributed by atoms with Crippen LogP contribution in [0.1, 0.15) is 31.2 Å². The van der Waals surface area contributed by atoms with Crippen LogP contribution in [-0.4, -0.2) is 30.5 Å². The van der Waals surface area contributed by atoms with Crippen LogP contribution in [0.3, 0.4) is 0 Å². The van der Waals surface area contributed by atoms with E-state index in [2.05, 4.69) is 24.0 Å². The number of hydrogen-bond acceptors (Lipinski definition) is 2. The molecule has 0 amide bonds. The van der Waals surface area contributed by atoms with Crippen LogP contribution >= 0.6 is 23.2 Å². The Morgan fingerprint density at radius 3 is 2.78 bits per heavy atom.